The number of methoxy groups -OCH3 is 1. The molecule has 0 spiro atoms. The van der Waals surface area contributed by atoms with Crippen molar-refractivity contribution in [3.63, 3.8) is 0 Å². The van der Waals surface area contributed by atoms with Gasteiger partial charge >= 0.3 is 0 Å². The van der Waals surface area contributed by atoms with Gasteiger partial charge in [0.1, 0.15) is 0 Å². The molecule has 0 fully saturated rings. The smallest absolute Gasteiger partial charge is 0.213 e. The number of aryl methyl sites for hydroxylation is 1. The van der Waals surface area contributed by atoms with Crippen LogP contribution < -0.4 is 10.5 Å². The first kappa shape index (κ1) is 10.6. The lowest BCUT2D eigenvalue weighted by molar-refractivity contribution is 0.397. The molecule has 0 aliphatic carbocycles. The van der Waals surface area contributed by atoms with Gasteiger partial charge in [0.05, 0.1) is 12.8 Å². The predicted molar refractivity (Wildman–Crippen MR) is 56.1 cm³/mol. The van der Waals surface area contributed by atoms with Crippen LogP contribution in [0.5, 0.6) is 5.88 Å². The fourth-order valence-corrected chi connectivity index (χ4v) is 1.01. The molecule has 0 amide bonds. The summed E-state index contributed by atoms with van der Waals surface area (Å²) in [7, 11) is 1.60. The van der Waals surface area contributed by atoms with Crippen molar-refractivity contribution in [1.29, 1.82) is 0 Å². The third-order valence-electron chi connectivity index (χ3n) is 1.76. The number of aromatic nitrogens is 1. The molecule has 1 aromatic rings. The lowest BCUT2D eigenvalue weighted by Gasteiger charge is -2.01. The molecule has 0 aromatic carbocycles. The Bertz CT molecular complexity index is 363. The fourth-order valence-electron chi connectivity index (χ4n) is 1.01. The summed E-state index contributed by atoms with van der Waals surface area (Å²) in [5.41, 5.74) is 7.15. The van der Waals surface area contributed by atoms with Crippen molar-refractivity contribution in [3.8, 4) is 17.7 Å². The van der Waals surface area contributed by atoms with Crippen molar-refractivity contribution < 1.29 is 4.74 Å². The first-order valence-electron chi connectivity index (χ1n) is 4.48. The van der Waals surface area contributed by atoms with Gasteiger partial charge in [0, 0.05) is 24.6 Å². The van der Waals surface area contributed by atoms with Crippen LogP contribution in [0.2, 0.25) is 0 Å². The van der Waals surface area contributed by atoms with E-state index in [1.807, 2.05) is 13.0 Å². The molecule has 0 saturated carbocycles. The highest BCUT2D eigenvalue weighted by atomic mass is 16.5. The van der Waals surface area contributed by atoms with Crippen molar-refractivity contribution in [1.82, 2.24) is 4.98 Å². The molecule has 14 heavy (non-hydrogen) atoms. The van der Waals surface area contributed by atoms with Gasteiger partial charge in [-0.15, -0.1) is 0 Å². The van der Waals surface area contributed by atoms with Gasteiger partial charge in [-0.25, -0.2) is 4.98 Å². The molecule has 1 rings (SSSR count). The van der Waals surface area contributed by atoms with Crippen molar-refractivity contribution in [3.05, 3.63) is 23.4 Å². The normalized spacial score (nSPS) is 9.07. The minimum absolute atomic E-state index is 0.593. The molecule has 1 aromatic heterocycles. The van der Waals surface area contributed by atoms with E-state index in [4.69, 9.17) is 10.5 Å². The second kappa shape index (κ2) is 5.25. The third kappa shape index (κ3) is 2.75. The third-order valence-corrected chi connectivity index (χ3v) is 1.76. The molecule has 3 heteroatoms. The average molecular weight is 190 g/mol. The van der Waals surface area contributed by atoms with Crippen LogP contribution in [-0.2, 0) is 0 Å². The largest absolute Gasteiger partial charge is 0.481 e. The van der Waals surface area contributed by atoms with Crippen LogP contribution in [0.1, 0.15) is 17.7 Å². The second-order valence-corrected chi connectivity index (χ2v) is 2.83. The maximum absolute atomic E-state index is 5.34. The molecule has 0 radical (unpaired) electrons. The Balaban J connectivity index is 2.85. The highest BCUT2D eigenvalue weighted by Gasteiger charge is 1.97. The topological polar surface area (TPSA) is 48.1 Å². The SMILES string of the molecule is COc1ccc(C#CCCN)c(C)n1. The molecule has 0 unspecified atom stereocenters. The van der Waals surface area contributed by atoms with E-state index in [1.54, 1.807) is 13.2 Å². The lowest BCUT2D eigenvalue weighted by atomic mass is 10.2. The number of pyridine rings is 1. The minimum Gasteiger partial charge on any atom is -0.481 e. The molecule has 0 saturated heterocycles. The number of hydrogen-bond acceptors (Lipinski definition) is 3. The maximum atomic E-state index is 5.34. The van der Waals surface area contributed by atoms with E-state index in [1.165, 1.54) is 0 Å². The zero-order valence-corrected chi connectivity index (χ0v) is 8.50. The van der Waals surface area contributed by atoms with Crippen LogP contribution in [-0.4, -0.2) is 18.6 Å². The van der Waals surface area contributed by atoms with E-state index in [0.717, 1.165) is 11.3 Å². The molecule has 2 N–H and O–H groups in total. The van der Waals surface area contributed by atoms with Gasteiger partial charge in [0.2, 0.25) is 5.88 Å². The molecule has 0 bridgehead atoms. The van der Waals surface area contributed by atoms with Gasteiger partial charge in [-0.1, -0.05) is 11.8 Å². The number of rotatable bonds is 2. The quantitative estimate of drug-likeness (QED) is 0.710. The van der Waals surface area contributed by atoms with E-state index < -0.39 is 0 Å². The van der Waals surface area contributed by atoms with Gasteiger partial charge < -0.3 is 10.5 Å². The van der Waals surface area contributed by atoms with E-state index >= 15 is 0 Å². The molecule has 0 aliphatic heterocycles. The van der Waals surface area contributed by atoms with Gasteiger partial charge in [-0.2, -0.15) is 0 Å². The summed E-state index contributed by atoms with van der Waals surface area (Å²) in [6.45, 7) is 2.50. The molecule has 74 valence electrons. The molecule has 0 aliphatic rings. The number of ether oxygens (including phenoxy) is 1. The zero-order chi connectivity index (χ0) is 10.4. The molecule has 0 atom stereocenters. The van der Waals surface area contributed by atoms with E-state index in [0.29, 0.717) is 18.8 Å². The highest BCUT2D eigenvalue weighted by molar-refractivity contribution is 5.39. The Morgan fingerprint density at radius 1 is 1.50 bits per heavy atom. The lowest BCUT2D eigenvalue weighted by Crippen LogP contribution is -1.96. The highest BCUT2D eigenvalue weighted by Crippen LogP contribution is 2.10. The van der Waals surface area contributed by atoms with Crippen LogP contribution >= 0.6 is 0 Å². The van der Waals surface area contributed by atoms with Crippen LogP contribution in [0.25, 0.3) is 0 Å². The summed E-state index contributed by atoms with van der Waals surface area (Å²) >= 11 is 0. The maximum Gasteiger partial charge on any atom is 0.213 e. The van der Waals surface area contributed by atoms with Gasteiger partial charge in [-0.3, -0.25) is 0 Å². The summed E-state index contributed by atoms with van der Waals surface area (Å²) in [5, 5.41) is 0. The van der Waals surface area contributed by atoms with E-state index in [9.17, 15) is 0 Å². The average Bonchev–Trinajstić information content (AvgIpc) is 2.20. The first-order chi connectivity index (χ1) is 6.77. The Kier molecular flexibility index (Phi) is 3.96. The molecule has 3 nitrogen and oxygen atoms in total. The predicted octanol–water partition coefficient (Wildman–Crippen LogP) is 1.10. The summed E-state index contributed by atoms with van der Waals surface area (Å²) in [4.78, 5) is 4.21. The fraction of sp³-hybridized carbons (Fsp3) is 0.364. The van der Waals surface area contributed by atoms with E-state index in [2.05, 4.69) is 16.8 Å². The monoisotopic (exact) mass is 190 g/mol. The number of nitrogens with two attached hydrogens (primary N) is 1. The van der Waals surface area contributed by atoms with Crippen LogP contribution in [0.3, 0.4) is 0 Å². The van der Waals surface area contributed by atoms with Crippen molar-refractivity contribution in [2.75, 3.05) is 13.7 Å². The van der Waals surface area contributed by atoms with E-state index in [-0.39, 0.29) is 0 Å². The van der Waals surface area contributed by atoms with Crippen LogP contribution in [0, 0.1) is 18.8 Å². The Hall–Kier alpha value is -1.53. The minimum atomic E-state index is 0.593. The zero-order valence-electron chi connectivity index (χ0n) is 8.50. The summed E-state index contributed by atoms with van der Waals surface area (Å²) < 4.78 is 5.00. The number of hydrogen-bond donors (Lipinski definition) is 1. The van der Waals surface area contributed by atoms with Crippen LogP contribution in [0.4, 0.5) is 0 Å². The summed E-state index contributed by atoms with van der Waals surface area (Å²) in [5.74, 6) is 6.61. The van der Waals surface area contributed by atoms with Crippen molar-refractivity contribution in [2.45, 2.75) is 13.3 Å². The Morgan fingerprint density at radius 2 is 2.29 bits per heavy atom. The van der Waals surface area contributed by atoms with Gasteiger partial charge in [0.25, 0.3) is 0 Å². The standard InChI is InChI=1S/C11H14N2O/c1-9-10(5-3-4-8-12)6-7-11(13-9)14-2/h6-7H,4,8,12H2,1-2H3. The summed E-state index contributed by atoms with van der Waals surface area (Å²) in [6, 6.07) is 3.71. The Morgan fingerprint density at radius 3 is 2.86 bits per heavy atom. The van der Waals surface area contributed by atoms with Gasteiger partial charge in [-0.05, 0) is 13.0 Å². The van der Waals surface area contributed by atoms with Gasteiger partial charge in [0.15, 0.2) is 0 Å². The second-order valence-electron chi connectivity index (χ2n) is 2.83. The molecular weight excluding hydrogens is 176 g/mol. The van der Waals surface area contributed by atoms with Crippen LogP contribution in [0.15, 0.2) is 12.1 Å². The molecular formula is C11H14N2O. The van der Waals surface area contributed by atoms with Crippen molar-refractivity contribution >= 4 is 0 Å². The summed E-state index contributed by atoms with van der Waals surface area (Å²) in [6.07, 6.45) is 0.714. The van der Waals surface area contributed by atoms with Crippen molar-refractivity contribution in [2.24, 2.45) is 5.73 Å². The Labute approximate surface area is 84.3 Å². The number of nitrogens with zero attached hydrogens (tertiary/aromatic N) is 1. The molecule has 1 heterocycles. The first-order valence-corrected chi connectivity index (χ1v) is 4.48.